The lowest BCUT2D eigenvalue weighted by Gasteiger charge is -1.79. The Hall–Kier alpha value is -1.58. The van der Waals surface area contributed by atoms with Gasteiger partial charge in [0.2, 0.25) is 0 Å². The number of imidazole rings is 2. The van der Waals surface area contributed by atoms with Gasteiger partial charge >= 0.3 is 0 Å². The smallest absolute Gasteiger partial charge is 0.105 e. The molecule has 0 aliphatic carbocycles. The van der Waals surface area contributed by atoms with Crippen molar-refractivity contribution < 1.29 is 0 Å². The Labute approximate surface area is 83.8 Å². The molecule has 0 aliphatic heterocycles. The van der Waals surface area contributed by atoms with Crippen LogP contribution in [0.4, 0.5) is 0 Å². The van der Waals surface area contributed by atoms with Gasteiger partial charge in [-0.25, -0.2) is 9.97 Å². The first-order valence-electron chi connectivity index (χ1n) is 4.82. The molecule has 2 heterocycles. The molecule has 0 amide bonds. The van der Waals surface area contributed by atoms with Crippen LogP contribution in [0.25, 0.3) is 0 Å². The van der Waals surface area contributed by atoms with E-state index in [-0.39, 0.29) is 0 Å². The van der Waals surface area contributed by atoms with Gasteiger partial charge in [0.1, 0.15) is 5.82 Å². The molecule has 0 fully saturated rings. The highest BCUT2D eigenvalue weighted by Crippen LogP contribution is 1.88. The van der Waals surface area contributed by atoms with E-state index in [1.54, 1.807) is 12.5 Å². The molecular formula is C10H16N4. The summed E-state index contributed by atoms with van der Waals surface area (Å²) in [6.07, 6.45) is 9.16. The third kappa shape index (κ3) is 3.43. The van der Waals surface area contributed by atoms with Gasteiger partial charge in [-0.2, -0.15) is 0 Å². The molecule has 4 heteroatoms. The van der Waals surface area contributed by atoms with Gasteiger partial charge < -0.3 is 9.97 Å². The first kappa shape index (κ1) is 10.5. The lowest BCUT2D eigenvalue weighted by atomic mass is 10.4. The average molecular weight is 192 g/mol. The van der Waals surface area contributed by atoms with Crippen molar-refractivity contribution >= 4 is 0 Å². The maximum absolute atomic E-state index is 3.98. The van der Waals surface area contributed by atoms with E-state index in [4.69, 9.17) is 0 Å². The second kappa shape index (κ2) is 5.96. The van der Waals surface area contributed by atoms with Crippen LogP contribution in [-0.4, -0.2) is 19.9 Å². The van der Waals surface area contributed by atoms with Crippen LogP contribution in [0.15, 0.2) is 24.9 Å². The lowest BCUT2D eigenvalue weighted by molar-refractivity contribution is 0.990. The number of hydrogen-bond donors (Lipinski definition) is 2. The Bertz CT molecular complexity index is 276. The summed E-state index contributed by atoms with van der Waals surface area (Å²) in [6.45, 7) is 4.16. The molecule has 0 radical (unpaired) electrons. The minimum absolute atomic E-state index is 0.993. The first-order valence-corrected chi connectivity index (χ1v) is 4.82. The normalized spacial score (nSPS) is 9.29. The van der Waals surface area contributed by atoms with E-state index >= 15 is 0 Å². The molecule has 76 valence electrons. The summed E-state index contributed by atoms with van der Waals surface area (Å²) in [5, 5.41) is 0. The second-order valence-corrected chi connectivity index (χ2v) is 2.82. The molecule has 2 N–H and O–H groups in total. The fourth-order valence-electron chi connectivity index (χ4n) is 0.969. The van der Waals surface area contributed by atoms with Crippen molar-refractivity contribution in [1.82, 2.24) is 19.9 Å². The zero-order valence-corrected chi connectivity index (χ0v) is 8.62. The van der Waals surface area contributed by atoms with Gasteiger partial charge in [-0.1, -0.05) is 13.8 Å². The summed E-state index contributed by atoms with van der Waals surface area (Å²) in [5.41, 5.74) is 1.19. The number of nitrogens with zero attached hydrogens (tertiary/aromatic N) is 2. The average Bonchev–Trinajstić information content (AvgIpc) is 2.92. The third-order valence-corrected chi connectivity index (χ3v) is 1.83. The summed E-state index contributed by atoms with van der Waals surface area (Å²) in [6, 6.07) is 0. The van der Waals surface area contributed by atoms with E-state index in [0.29, 0.717) is 0 Å². The molecule has 0 unspecified atom stereocenters. The molecule has 0 atom stereocenters. The molecular weight excluding hydrogens is 176 g/mol. The Morgan fingerprint density at radius 2 is 2.07 bits per heavy atom. The minimum atomic E-state index is 0.993. The molecule has 0 saturated carbocycles. The second-order valence-electron chi connectivity index (χ2n) is 2.82. The van der Waals surface area contributed by atoms with E-state index in [1.807, 2.05) is 12.4 Å². The van der Waals surface area contributed by atoms with Gasteiger partial charge in [0, 0.05) is 30.7 Å². The van der Waals surface area contributed by atoms with Crippen LogP contribution in [0, 0.1) is 0 Å². The van der Waals surface area contributed by atoms with E-state index in [1.165, 1.54) is 5.69 Å². The molecule has 0 aliphatic rings. The van der Waals surface area contributed by atoms with Crippen LogP contribution in [0.2, 0.25) is 0 Å². The summed E-state index contributed by atoms with van der Waals surface area (Å²) in [5.74, 6) is 1.06. The molecule has 2 aromatic rings. The van der Waals surface area contributed by atoms with Crippen molar-refractivity contribution in [2.75, 3.05) is 0 Å². The number of aryl methyl sites for hydroxylation is 2. The van der Waals surface area contributed by atoms with Gasteiger partial charge in [0.05, 0.1) is 6.33 Å². The van der Waals surface area contributed by atoms with Crippen molar-refractivity contribution in [3.63, 3.8) is 0 Å². The number of hydrogen-bond acceptors (Lipinski definition) is 2. The Balaban J connectivity index is 0.000000140. The predicted octanol–water partition coefficient (Wildman–Crippen LogP) is 1.94. The zero-order chi connectivity index (χ0) is 10.2. The molecule has 14 heavy (non-hydrogen) atoms. The standard InChI is InChI=1S/2C5H8N2/c1-2-5-3-6-4-7-5;1-2-5-6-3-4-7-5/h2*3-4H,2H2,1H3,(H,6,7). The van der Waals surface area contributed by atoms with Crippen molar-refractivity contribution in [2.24, 2.45) is 0 Å². The molecule has 0 aromatic carbocycles. The summed E-state index contributed by atoms with van der Waals surface area (Å²) >= 11 is 0. The van der Waals surface area contributed by atoms with Gasteiger partial charge in [0.25, 0.3) is 0 Å². The summed E-state index contributed by atoms with van der Waals surface area (Å²) in [4.78, 5) is 13.8. The fraction of sp³-hybridized carbons (Fsp3) is 0.400. The molecule has 0 saturated heterocycles. The summed E-state index contributed by atoms with van der Waals surface area (Å²) < 4.78 is 0. The van der Waals surface area contributed by atoms with Gasteiger partial charge in [-0.3, -0.25) is 0 Å². The van der Waals surface area contributed by atoms with Crippen molar-refractivity contribution in [3.05, 3.63) is 36.4 Å². The SMILES string of the molecule is CCc1cnc[nH]1.CCc1ncc[nH]1. The fourth-order valence-corrected chi connectivity index (χ4v) is 0.969. The topological polar surface area (TPSA) is 57.4 Å². The highest BCUT2D eigenvalue weighted by molar-refractivity contribution is 4.92. The van der Waals surface area contributed by atoms with Crippen molar-refractivity contribution in [3.8, 4) is 0 Å². The van der Waals surface area contributed by atoms with Crippen molar-refractivity contribution in [2.45, 2.75) is 26.7 Å². The molecule has 4 nitrogen and oxygen atoms in total. The van der Waals surface area contributed by atoms with Gasteiger partial charge in [-0.15, -0.1) is 0 Å². The zero-order valence-electron chi connectivity index (χ0n) is 8.62. The molecule has 2 aromatic heterocycles. The highest BCUT2D eigenvalue weighted by atomic mass is 14.9. The Kier molecular flexibility index (Phi) is 4.47. The van der Waals surface area contributed by atoms with E-state index in [2.05, 4.69) is 33.8 Å². The largest absolute Gasteiger partial charge is 0.349 e. The number of H-pyrrole nitrogens is 2. The monoisotopic (exact) mass is 192 g/mol. The first-order chi connectivity index (χ1) is 6.86. The highest BCUT2D eigenvalue weighted by Gasteiger charge is 1.83. The molecule has 0 spiro atoms. The van der Waals surface area contributed by atoms with Crippen LogP contribution in [0.5, 0.6) is 0 Å². The Morgan fingerprint density at radius 3 is 2.36 bits per heavy atom. The van der Waals surface area contributed by atoms with Crippen LogP contribution in [0.1, 0.15) is 25.4 Å². The number of aromatic nitrogens is 4. The van der Waals surface area contributed by atoms with Crippen LogP contribution in [0.3, 0.4) is 0 Å². The maximum atomic E-state index is 3.98. The summed E-state index contributed by atoms with van der Waals surface area (Å²) in [7, 11) is 0. The van der Waals surface area contributed by atoms with Crippen LogP contribution in [-0.2, 0) is 12.8 Å². The third-order valence-electron chi connectivity index (χ3n) is 1.83. The van der Waals surface area contributed by atoms with Crippen LogP contribution >= 0.6 is 0 Å². The molecule has 0 bridgehead atoms. The van der Waals surface area contributed by atoms with Crippen LogP contribution < -0.4 is 0 Å². The molecule has 2 rings (SSSR count). The van der Waals surface area contributed by atoms with E-state index in [9.17, 15) is 0 Å². The van der Waals surface area contributed by atoms with Gasteiger partial charge in [0.15, 0.2) is 0 Å². The number of nitrogens with one attached hydrogen (secondary N) is 2. The van der Waals surface area contributed by atoms with Crippen molar-refractivity contribution in [1.29, 1.82) is 0 Å². The quantitative estimate of drug-likeness (QED) is 0.764. The van der Waals surface area contributed by atoms with E-state index < -0.39 is 0 Å². The van der Waals surface area contributed by atoms with E-state index in [0.717, 1.165) is 18.7 Å². The lowest BCUT2D eigenvalue weighted by Crippen LogP contribution is -1.78. The Morgan fingerprint density at radius 1 is 1.21 bits per heavy atom. The number of aromatic amines is 2. The minimum Gasteiger partial charge on any atom is -0.349 e. The van der Waals surface area contributed by atoms with Gasteiger partial charge in [-0.05, 0) is 6.42 Å². The number of rotatable bonds is 2. The predicted molar refractivity (Wildman–Crippen MR) is 55.9 cm³/mol. The maximum Gasteiger partial charge on any atom is 0.105 e.